The number of aryl methyl sites for hydroxylation is 1. The van der Waals surface area contributed by atoms with Crippen molar-refractivity contribution in [3.8, 4) is 5.75 Å². The molecule has 176 valence electrons. The van der Waals surface area contributed by atoms with Crippen LogP contribution in [0.5, 0.6) is 5.75 Å². The van der Waals surface area contributed by atoms with E-state index in [0.29, 0.717) is 6.42 Å². The molecule has 6 nitrogen and oxygen atoms in total. The van der Waals surface area contributed by atoms with Crippen molar-refractivity contribution in [2.75, 3.05) is 46.4 Å². The summed E-state index contributed by atoms with van der Waals surface area (Å²) < 4.78 is 5.20. The second kappa shape index (κ2) is 11.3. The third kappa shape index (κ3) is 6.35. The van der Waals surface area contributed by atoms with E-state index in [4.69, 9.17) is 4.74 Å². The van der Waals surface area contributed by atoms with Gasteiger partial charge in [0.2, 0.25) is 5.91 Å². The smallest absolute Gasteiger partial charge is 0.253 e. The number of rotatable bonds is 7. The molecule has 2 heterocycles. The highest BCUT2D eigenvalue weighted by Gasteiger charge is 2.21. The van der Waals surface area contributed by atoms with E-state index in [1.165, 1.54) is 5.56 Å². The van der Waals surface area contributed by atoms with Gasteiger partial charge in [0.15, 0.2) is 0 Å². The Balaban J connectivity index is 1.23. The molecule has 4 rings (SSSR count). The summed E-state index contributed by atoms with van der Waals surface area (Å²) in [5, 5.41) is 0. The summed E-state index contributed by atoms with van der Waals surface area (Å²) in [6, 6.07) is 16.0. The van der Waals surface area contributed by atoms with Gasteiger partial charge in [-0.2, -0.15) is 0 Å². The summed E-state index contributed by atoms with van der Waals surface area (Å²) >= 11 is 0. The van der Waals surface area contributed by atoms with Crippen LogP contribution in [0.4, 0.5) is 0 Å². The molecule has 0 spiro atoms. The Morgan fingerprint density at radius 2 is 1.42 bits per heavy atom. The number of methoxy groups -OCH3 is 1. The van der Waals surface area contributed by atoms with Gasteiger partial charge in [0.25, 0.3) is 5.91 Å². The van der Waals surface area contributed by atoms with Gasteiger partial charge in [0, 0.05) is 57.8 Å². The topological polar surface area (TPSA) is 53.1 Å². The number of hydrogen-bond donors (Lipinski definition) is 0. The zero-order chi connectivity index (χ0) is 23.0. The number of benzene rings is 2. The minimum atomic E-state index is 0.151. The molecule has 2 saturated heterocycles. The van der Waals surface area contributed by atoms with E-state index in [1.807, 2.05) is 46.2 Å². The van der Waals surface area contributed by atoms with Crippen molar-refractivity contribution in [3.63, 3.8) is 0 Å². The third-order valence-corrected chi connectivity index (χ3v) is 6.73. The van der Waals surface area contributed by atoms with Crippen LogP contribution in [0.3, 0.4) is 0 Å². The minimum Gasteiger partial charge on any atom is -0.497 e. The normalized spacial score (nSPS) is 17.1. The van der Waals surface area contributed by atoms with Crippen LogP contribution in [-0.2, 0) is 17.8 Å². The highest BCUT2D eigenvalue weighted by atomic mass is 16.5. The van der Waals surface area contributed by atoms with Gasteiger partial charge in [-0.1, -0.05) is 24.3 Å². The van der Waals surface area contributed by atoms with Crippen LogP contribution >= 0.6 is 0 Å². The standard InChI is InChI=1S/C27H35N3O3/c1-33-25-12-7-22(8-13-25)9-14-26(31)29-18-4-15-28(19-20-29)21-23-5-10-24(11-6-23)27(32)30-16-2-3-17-30/h5-8,10-13H,2-4,9,14-21H2,1H3. The first-order valence-electron chi connectivity index (χ1n) is 12.1. The van der Waals surface area contributed by atoms with Gasteiger partial charge in [-0.3, -0.25) is 14.5 Å². The Morgan fingerprint density at radius 1 is 0.758 bits per heavy atom. The fraction of sp³-hybridized carbons (Fsp3) is 0.481. The minimum absolute atomic E-state index is 0.151. The summed E-state index contributed by atoms with van der Waals surface area (Å²) in [7, 11) is 1.66. The molecule has 2 aromatic carbocycles. The maximum absolute atomic E-state index is 12.8. The van der Waals surface area contributed by atoms with E-state index in [0.717, 1.165) is 88.4 Å². The second-order valence-electron chi connectivity index (χ2n) is 9.05. The molecule has 0 saturated carbocycles. The van der Waals surface area contributed by atoms with Crippen molar-refractivity contribution < 1.29 is 14.3 Å². The molecule has 0 unspecified atom stereocenters. The quantitative estimate of drug-likeness (QED) is 0.648. The van der Waals surface area contributed by atoms with Crippen LogP contribution in [0.2, 0.25) is 0 Å². The lowest BCUT2D eigenvalue weighted by Gasteiger charge is -2.22. The van der Waals surface area contributed by atoms with Crippen LogP contribution in [-0.4, -0.2) is 72.9 Å². The van der Waals surface area contributed by atoms with Gasteiger partial charge < -0.3 is 14.5 Å². The number of carbonyl (C=O) groups excluding carboxylic acids is 2. The SMILES string of the molecule is COc1ccc(CCC(=O)N2CCCN(Cc3ccc(C(=O)N4CCCC4)cc3)CC2)cc1. The monoisotopic (exact) mass is 449 g/mol. The van der Waals surface area contributed by atoms with E-state index in [1.54, 1.807) is 7.11 Å². The Bertz CT molecular complexity index is 921. The second-order valence-corrected chi connectivity index (χ2v) is 9.05. The molecule has 0 N–H and O–H groups in total. The summed E-state index contributed by atoms with van der Waals surface area (Å²) in [6.45, 7) is 6.06. The lowest BCUT2D eigenvalue weighted by Crippen LogP contribution is -2.35. The Morgan fingerprint density at radius 3 is 2.12 bits per heavy atom. The molecule has 2 aromatic rings. The van der Waals surface area contributed by atoms with E-state index in [9.17, 15) is 9.59 Å². The first-order valence-corrected chi connectivity index (χ1v) is 12.1. The molecule has 0 bridgehead atoms. The lowest BCUT2D eigenvalue weighted by molar-refractivity contribution is -0.131. The Hall–Kier alpha value is -2.86. The molecular weight excluding hydrogens is 414 g/mol. The van der Waals surface area contributed by atoms with Crippen LogP contribution in [0.1, 0.15) is 47.2 Å². The molecule has 0 aromatic heterocycles. The zero-order valence-electron chi connectivity index (χ0n) is 19.7. The van der Waals surface area contributed by atoms with Crippen molar-refractivity contribution in [2.24, 2.45) is 0 Å². The van der Waals surface area contributed by atoms with Crippen LogP contribution in [0.15, 0.2) is 48.5 Å². The molecule has 0 atom stereocenters. The molecule has 2 aliphatic rings. The highest BCUT2D eigenvalue weighted by Crippen LogP contribution is 2.16. The number of amides is 2. The fourth-order valence-electron chi connectivity index (χ4n) is 4.69. The van der Waals surface area contributed by atoms with Crippen LogP contribution in [0.25, 0.3) is 0 Å². The van der Waals surface area contributed by atoms with E-state index in [2.05, 4.69) is 17.0 Å². The van der Waals surface area contributed by atoms with Crippen molar-refractivity contribution >= 4 is 11.8 Å². The van der Waals surface area contributed by atoms with Crippen molar-refractivity contribution in [3.05, 3.63) is 65.2 Å². The van der Waals surface area contributed by atoms with E-state index >= 15 is 0 Å². The van der Waals surface area contributed by atoms with Gasteiger partial charge in [0.05, 0.1) is 7.11 Å². The van der Waals surface area contributed by atoms with E-state index in [-0.39, 0.29) is 11.8 Å². The number of ether oxygens (including phenoxy) is 1. The lowest BCUT2D eigenvalue weighted by atomic mass is 10.1. The fourth-order valence-corrected chi connectivity index (χ4v) is 4.69. The number of nitrogens with zero attached hydrogens (tertiary/aromatic N) is 3. The summed E-state index contributed by atoms with van der Waals surface area (Å²) in [5.74, 6) is 1.22. The molecule has 0 radical (unpaired) electrons. The highest BCUT2D eigenvalue weighted by molar-refractivity contribution is 5.94. The predicted molar refractivity (Wildman–Crippen MR) is 129 cm³/mol. The largest absolute Gasteiger partial charge is 0.497 e. The number of likely N-dealkylation sites (tertiary alicyclic amines) is 1. The van der Waals surface area contributed by atoms with Gasteiger partial charge in [-0.25, -0.2) is 0 Å². The molecule has 6 heteroatoms. The zero-order valence-corrected chi connectivity index (χ0v) is 19.7. The molecule has 33 heavy (non-hydrogen) atoms. The van der Waals surface area contributed by atoms with Crippen LogP contribution < -0.4 is 4.74 Å². The average Bonchev–Trinajstić information content (AvgIpc) is 3.30. The number of carbonyl (C=O) groups is 2. The van der Waals surface area contributed by atoms with Gasteiger partial charge in [-0.15, -0.1) is 0 Å². The molecule has 0 aliphatic carbocycles. The Kier molecular flexibility index (Phi) is 8.00. The van der Waals surface area contributed by atoms with Crippen molar-refractivity contribution in [2.45, 2.75) is 38.6 Å². The first kappa shape index (κ1) is 23.3. The van der Waals surface area contributed by atoms with Crippen molar-refractivity contribution in [1.82, 2.24) is 14.7 Å². The maximum atomic E-state index is 12.8. The summed E-state index contributed by atoms with van der Waals surface area (Å²) in [4.78, 5) is 31.7. The number of hydrogen-bond acceptors (Lipinski definition) is 4. The maximum Gasteiger partial charge on any atom is 0.253 e. The Labute approximate surface area is 197 Å². The molecule has 2 aliphatic heterocycles. The summed E-state index contributed by atoms with van der Waals surface area (Å²) in [6.07, 6.45) is 4.50. The predicted octanol–water partition coefficient (Wildman–Crippen LogP) is 3.60. The summed E-state index contributed by atoms with van der Waals surface area (Å²) in [5.41, 5.74) is 3.16. The third-order valence-electron chi connectivity index (χ3n) is 6.73. The van der Waals surface area contributed by atoms with Crippen LogP contribution in [0, 0.1) is 0 Å². The first-order chi connectivity index (χ1) is 16.1. The average molecular weight is 450 g/mol. The van der Waals surface area contributed by atoms with Gasteiger partial charge >= 0.3 is 0 Å². The van der Waals surface area contributed by atoms with Gasteiger partial charge in [-0.05, 0) is 61.1 Å². The van der Waals surface area contributed by atoms with E-state index < -0.39 is 0 Å². The molecular formula is C27H35N3O3. The molecule has 2 amide bonds. The van der Waals surface area contributed by atoms with Crippen molar-refractivity contribution in [1.29, 1.82) is 0 Å². The molecule has 2 fully saturated rings. The van der Waals surface area contributed by atoms with Gasteiger partial charge in [0.1, 0.15) is 5.75 Å².